The first-order valence-electron chi connectivity index (χ1n) is 9.69. The maximum atomic E-state index is 13.0. The van der Waals surface area contributed by atoms with Crippen molar-refractivity contribution in [1.82, 2.24) is 25.1 Å². The van der Waals surface area contributed by atoms with Crippen LogP contribution in [0, 0.1) is 0 Å². The molecule has 0 saturated carbocycles. The lowest BCUT2D eigenvalue weighted by Crippen LogP contribution is -2.44. The van der Waals surface area contributed by atoms with Crippen LogP contribution in [-0.4, -0.2) is 64.4 Å². The summed E-state index contributed by atoms with van der Waals surface area (Å²) in [5.74, 6) is 1.06. The topological polar surface area (TPSA) is 102 Å². The predicted octanol–water partition coefficient (Wildman–Crippen LogP) is 2.57. The second-order valence-corrected chi connectivity index (χ2v) is 6.91. The van der Waals surface area contributed by atoms with E-state index in [1.54, 1.807) is 30.3 Å². The first-order valence-corrected chi connectivity index (χ1v) is 9.69. The molecule has 156 valence electrons. The molecule has 0 bridgehead atoms. The van der Waals surface area contributed by atoms with Crippen LogP contribution in [0.15, 0.2) is 42.6 Å². The van der Waals surface area contributed by atoms with Gasteiger partial charge in [0.1, 0.15) is 17.5 Å². The quantitative estimate of drug-likeness (QED) is 0.667. The molecule has 30 heavy (non-hydrogen) atoms. The minimum Gasteiger partial charge on any atom is -0.497 e. The van der Waals surface area contributed by atoms with Gasteiger partial charge < -0.3 is 19.1 Å². The highest BCUT2D eigenvalue weighted by Gasteiger charge is 2.27. The number of nitrogens with zero attached hydrogens (tertiary/aromatic N) is 4. The maximum Gasteiger partial charge on any atom is 0.319 e. The van der Waals surface area contributed by atoms with E-state index in [1.165, 1.54) is 7.11 Å². The number of benzene rings is 1. The largest absolute Gasteiger partial charge is 0.497 e. The summed E-state index contributed by atoms with van der Waals surface area (Å²) in [6.07, 6.45) is 3.12. The molecule has 3 heterocycles. The molecule has 4 rings (SSSR count). The summed E-state index contributed by atoms with van der Waals surface area (Å²) in [4.78, 5) is 22.9. The minimum atomic E-state index is -0.150. The number of carbonyl (C=O) groups excluding carboxylic acids is 1. The van der Waals surface area contributed by atoms with Crippen molar-refractivity contribution in [3.63, 3.8) is 0 Å². The number of ether oxygens (including phenoxy) is 3. The molecule has 3 aromatic rings. The summed E-state index contributed by atoms with van der Waals surface area (Å²) in [6, 6.07) is 11.2. The number of H-pyrrole nitrogens is 1. The first kappa shape index (κ1) is 19.7. The predicted molar refractivity (Wildman–Crippen MR) is 109 cm³/mol. The zero-order valence-corrected chi connectivity index (χ0v) is 16.9. The molecule has 1 atom stereocenters. The molecule has 1 unspecified atom stereocenters. The molecule has 1 saturated heterocycles. The highest BCUT2D eigenvalue weighted by atomic mass is 16.5. The number of rotatable bonds is 6. The van der Waals surface area contributed by atoms with Crippen LogP contribution >= 0.6 is 0 Å². The number of aromatic nitrogens is 4. The lowest BCUT2D eigenvalue weighted by atomic mass is 10.1. The van der Waals surface area contributed by atoms with Crippen molar-refractivity contribution in [2.45, 2.75) is 18.9 Å². The third kappa shape index (κ3) is 4.35. The third-order valence-electron chi connectivity index (χ3n) is 4.92. The van der Waals surface area contributed by atoms with Gasteiger partial charge >= 0.3 is 6.01 Å². The first-order chi connectivity index (χ1) is 14.7. The van der Waals surface area contributed by atoms with Gasteiger partial charge in [0.15, 0.2) is 0 Å². The Morgan fingerprint density at radius 1 is 1.20 bits per heavy atom. The summed E-state index contributed by atoms with van der Waals surface area (Å²) < 4.78 is 16.2. The van der Waals surface area contributed by atoms with E-state index < -0.39 is 0 Å². The number of likely N-dealkylation sites (tertiary alicyclic amines) is 1. The maximum absolute atomic E-state index is 13.0. The van der Waals surface area contributed by atoms with Crippen molar-refractivity contribution in [2.75, 3.05) is 27.3 Å². The van der Waals surface area contributed by atoms with Gasteiger partial charge in [-0.3, -0.25) is 9.89 Å². The smallest absolute Gasteiger partial charge is 0.319 e. The summed E-state index contributed by atoms with van der Waals surface area (Å²) in [5, 5.41) is 7.15. The molecule has 1 aliphatic rings. The number of hydrogen-bond donors (Lipinski definition) is 1. The zero-order chi connectivity index (χ0) is 20.9. The molecule has 0 aliphatic carbocycles. The molecule has 1 amide bonds. The van der Waals surface area contributed by atoms with Crippen LogP contribution in [0.3, 0.4) is 0 Å². The number of amides is 1. The van der Waals surface area contributed by atoms with Gasteiger partial charge in [-0.15, -0.1) is 0 Å². The van der Waals surface area contributed by atoms with Crippen LogP contribution < -0.4 is 14.2 Å². The second kappa shape index (κ2) is 8.81. The third-order valence-corrected chi connectivity index (χ3v) is 4.92. The zero-order valence-electron chi connectivity index (χ0n) is 16.9. The van der Waals surface area contributed by atoms with Crippen molar-refractivity contribution >= 4 is 5.91 Å². The van der Waals surface area contributed by atoms with E-state index >= 15 is 0 Å². The van der Waals surface area contributed by atoms with Crippen LogP contribution in [0.2, 0.25) is 0 Å². The van der Waals surface area contributed by atoms with Crippen LogP contribution in [0.1, 0.15) is 23.3 Å². The standard InChI is InChI=1S/C21H23N5O4/c1-28-15-6-3-5-14(11-15)17-12-18(25-24-17)20(27)26-10-4-7-16(13-26)30-19-8-9-22-21(23-19)29-2/h3,5-6,8-9,11-12,16H,4,7,10,13H2,1-2H3,(H,24,25). The molecule has 2 aromatic heterocycles. The summed E-state index contributed by atoms with van der Waals surface area (Å²) in [5.41, 5.74) is 2.01. The second-order valence-electron chi connectivity index (χ2n) is 6.91. The number of methoxy groups -OCH3 is 2. The van der Waals surface area contributed by atoms with E-state index in [0.717, 1.165) is 24.2 Å². The molecule has 1 fully saturated rings. The van der Waals surface area contributed by atoms with Gasteiger partial charge in [0.25, 0.3) is 5.91 Å². The van der Waals surface area contributed by atoms with Gasteiger partial charge in [0.05, 0.1) is 26.5 Å². The Labute approximate surface area is 174 Å². The lowest BCUT2D eigenvalue weighted by Gasteiger charge is -2.32. The van der Waals surface area contributed by atoms with Crippen molar-refractivity contribution in [2.24, 2.45) is 0 Å². The SMILES string of the molecule is COc1cccc(-c2cc(C(=O)N3CCCC(Oc4ccnc(OC)n4)C3)[nH]n2)c1. The fourth-order valence-electron chi connectivity index (χ4n) is 3.41. The summed E-state index contributed by atoms with van der Waals surface area (Å²) in [6.45, 7) is 1.14. The normalized spacial score (nSPS) is 16.2. The Kier molecular flexibility index (Phi) is 5.78. The number of hydrogen-bond acceptors (Lipinski definition) is 7. The molecule has 1 aromatic carbocycles. The van der Waals surface area contributed by atoms with E-state index in [4.69, 9.17) is 14.2 Å². The number of piperidine rings is 1. The van der Waals surface area contributed by atoms with Crippen LogP contribution in [0.4, 0.5) is 0 Å². The van der Waals surface area contributed by atoms with Crippen LogP contribution in [0.25, 0.3) is 11.3 Å². The Hall–Kier alpha value is -3.62. The van der Waals surface area contributed by atoms with E-state index in [-0.39, 0.29) is 18.0 Å². The Bertz CT molecular complexity index is 1020. The highest BCUT2D eigenvalue weighted by molar-refractivity contribution is 5.93. The number of nitrogens with one attached hydrogen (secondary N) is 1. The van der Waals surface area contributed by atoms with Gasteiger partial charge in [-0.2, -0.15) is 10.1 Å². The van der Waals surface area contributed by atoms with Crippen molar-refractivity contribution < 1.29 is 19.0 Å². The molecule has 9 heteroatoms. The molecular formula is C21H23N5O4. The minimum absolute atomic E-state index is 0.106. The van der Waals surface area contributed by atoms with E-state index in [2.05, 4.69) is 20.2 Å². The van der Waals surface area contributed by atoms with Gasteiger partial charge in [-0.1, -0.05) is 12.1 Å². The van der Waals surface area contributed by atoms with Crippen LogP contribution in [-0.2, 0) is 0 Å². The average molecular weight is 409 g/mol. The molecular weight excluding hydrogens is 386 g/mol. The highest BCUT2D eigenvalue weighted by Crippen LogP contribution is 2.24. The van der Waals surface area contributed by atoms with Crippen LogP contribution in [0.5, 0.6) is 17.6 Å². The monoisotopic (exact) mass is 409 g/mol. The average Bonchev–Trinajstić information content (AvgIpc) is 3.29. The van der Waals surface area contributed by atoms with Crippen molar-refractivity contribution in [3.8, 4) is 28.9 Å². The molecule has 1 N–H and O–H groups in total. The molecule has 0 spiro atoms. The Balaban J connectivity index is 1.43. The Morgan fingerprint density at radius 2 is 2.10 bits per heavy atom. The van der Waals surface area contributed by atoms with Gasteiger partial charge in [-0.25, -0.2) is 4.98 Å². The molecule has 1 aliphatic heterocycles. The van der Waals surface area contributed by atoms with Crippen molar-refractivity contribution in [1.29, 1.82) is 0 Å². The summed E-state index contributed by atoms with van der Waals surface area (Å²) in [7, 11) is 3.12. The number of aromatic amines is 1. The van der Waals surface area contributed by atoms with Gasteiger partial charge in [0.2, 0.25) is 5.88 Å². The van der Waals surface area contributed by atoms with Gasteiger partial charge in [0, 0.05) is 24.4 Å². The van der Waals surface area contributed by atoms with E-state index in [9.17, 15) is 4.79 Å². The molecule has 0 radical (unpaired) electrons. The van der Waals surface area contributed by atoms with E-state index in [1.807, 2.05) is 24.3 Å². The summed E-state index contributed by atoms with van der Waals surface area (Å²) >= 11 is 0. The fourth-order valence-corrected chi connectivity index (χ4v) is 3.41. The van der Waals surface area contributed by atoms with Gasteiger partial charge in [-0.05, 0) is 31.0 Å². The van der Waals surface area contributed by atoms with Crippen molar-refractivity contribution in [3.05, 3.63) is 48.3 Å². The number of carbonyl (C=O) groups is 1. The van der Waals surface area contributed by atoms with E-state index in [0.29, 0.717) is 30.4 Å². The molecule has 9 nitrogen and oxygen atoms in total. The Morgan fingerprint density at radius 3 is 2.93 bits per heavy atom. The fraction of sp³-hybridized carbons (Fsp3) is 0.333. The lowest BCUT2D eigenvalue weighted by molar-refractivity contribution is 0.0520.